The van der Waals surface area contributed by atoms with Crippen LogP contribution in [0.2, 0.25) is 12.6 Å². The first kappa shape index (κ1) is 12.1. The van der Waals surface area contributed by atoms with Crippen LogP contribution in [0.1, 0.15) is 27.2 Å². The van der Waals surface area contributed by atoms with E-state index < -0.39 is 0 Å². The van der Waals surface area contributed by atoms with Crippen molar-refractivity contribution in [3.05, 3.63) is 0 Å². The molecule has 0 N–H and O–H groups in total. The van der Waals surface area contributed by atoms with Crippen LogP contribution < -0.4 is 0 Å². The van der Waals surface area contributed by atoms with Gasteiger partial charge in [-0.25, -0.2) is 0 Å². The zero-order valence-corrected chi connectivity index (χ0v) is 10.3. The molecule has 74 valence electrons. The van der Waals surface area contributed by atoms with Gasteiger partial charge in [-0.2, -0.15) is 0 Å². The van der Waals surface area contributed by atoms with Gasteiger partial charge < -0.3 is 9.47 Å². The van der Waals surface area contributed by atoms with Crippen LogP contribution in [0.5, 0.6) is 0 Å². The van der Waals surface area contributed by atoms with Crippen molar-refractivity contribution in [3.8, 4) is 0 Å². The van der Waals surface area contributed by atoms with E-state index in [9.17, 15) is 0 Å². The minimum Gasteiger partial charge on any atom is -0.355 e. The monoisotopic (exact) mass is 190 g/mol. The van der Waals surface area contributed by atoms with E-state index in [1.54, 1.807) is 0 Å². The first-order chi connectivity index (χ1) is 5.56. The summed E-state index contributed by atoms with van der Waals surface area (Å²) in [6.45, 7) is 9.73. The molecule has 0 aromatic rings. The first-order valence-electron chi connectivity index (χ1n) is 4.78. The summed E-state index contributed by atoms with van der Waals surface area (Å²) in [5, 5.41) is 0. The summed E-state index contributed by atoms with van der Waals surface area (Å²) in [7, 11) is 0.232. The molecule has 0 radical (unpaired) electrons. The highest BCUT2D eigenvalue weighted by Crippen LogP contribution is 2.06. The van der Waals surface area contributed by atoms with Crippen molar-refractivity contribution in [2.24, 2.45) is 0 Å². The van der Waals surface area contributed by atoms with E-state index in [4.69, 9.17) is 9.47 Å². The minimum atomic E-state index is -0.0699. The summed E-state index contributed by atoms with van der Waals surface area (Å²) in [4.78, 5) is 0. The lowest BCUT2D eigenvalue weighted by molar-refractivity contribution is -0.119. The fourth-order valence-electron chi connectivity index (χ4n) is 0.731. The molecule has 0 spiro atoms. The molecular formula is C9H22O2Si. The summed E-state index contributed by atoms with van der Waals surface area (Å²) in [6.07, 6.45) is 1.20. The van der Waals surface area contributed by atoms with Gasteiger partial charge in [0.05, 0.1) is 5.60 Å². The van der Waals surface area contributed by atoms with E-state index in [2.05, 4.69) is 6.55 Å². The topological polar surface area (TPSA) is 18.5 Å². The second-order valence-corrected chi connectivity index (χ2v) is 5.70. The van der Waals surface area contributed by atoms with E-state index in [0.29, 0.717) is 6.79 Å². The maximum atomic E-state index is 5.40. The van der Waals surface area contributed by atoms with Crippen LogP contribution in [0.3, 0.4) is 0 Å². The van der Waals surface area contributed by atoms with Crippen molar-refractivity contribution >= 4 is 9.52 Å². The fraction of sp³-hybridized carbons (Fsp3) is 1.00. The van der Waals surface area contributed by atoms with Crippen LogP contribution in [0.25, 0.3) is 0 Å². The van der Waals surface area contributed by atoms with Crippen LogP contribution in [0, 0.1) is 0 Å². The molecule has 0 saturated heterocycles. The van der Waals surface area contributed by atoms with Crippen LogP contribution in [-0.2, 0) is 9.47 Å². The predicted octanol–water partition coefficient (Wildman–Crippen LogP) is 1.80. The number of hydrogen-bond acceptors (Lipinski definition) is 2. The average Bonchev–Trinajstić information content (AvgIpc) is 1.94. The Morgan fingerprint density at radius 3 is 2.42 bits per heavy atom. The predicted molar refractivity (Wildman–Crippen MR) is 55.5 cm³/mol. The summed E-state index contributed by atoms with van der Waals surface area (Å²) in [6, 6.07) is 1.38. The molecule has 0 aliphatic carbocycles. The molecule has 0 rings (SSSR count). The Bertz CT molecular complexity index is 99.2. The Kier molecular flexibility index (Phi) is 6.71. The van der Waals surface area contributed by atoms with Gasteiger partial charge in [0, 0.05) is 16.1 Å². The van der Waals surface area contributed by atoms with Gasteiger partial charge in [0.1, 0.15) is 6.79 Å². The minimum absolute atomic E-state index is 0.0699. The highest BCUT2D eigenvalue weighted by molar-refractivity contribution is 6.33. The normalized spacial score (nSPS) is 13.0. The maximum Gasteiger partial charge on any atom is 0.147 e. The van der Waals surface area contributed by atoms with Gasteiger partial charge in [-0.1, -0.05) is 12.6 Å². The van der Waals surface area contributed by atoms with Crippen molar-refractivity contribution in [2.45, 2.75) is 45.4 Å². The second kappa shape index (κ2) is 6.63. The van der Waals surface area contributed by atoms with Gasteiger partial charge in [0.2, 0.25) is 0 Å². The third-order valence-electron chi connectivity index (χ3n) is 1.47. The van der Waals surface area contributed by atoms with E-state index in [-0.39, 0.29) is 15.1 Å². The Morgan fingerprint density at radius 2 is 1.92 bits per heavy atom. The van der Waals surface area contributed by atoms with Crippen molar-refractivity contribution < 1.29 is 9.47 Å². The Morgan fingerprint density at radius 1 is 1.25 bits per heavy atom. The van der Waals surface area contributed by atoms with Gasteiger partial charge in [0.15, 0.2) is 0 Å². The van der Waals surface area contributed by atoms with Gasteiger partial charge in [0.25, 0.3) is 0 Å². The van der Waals surface area contributed by atoms with Crippen LogP contribution in [-0.4, -0.2) is 28.5 Å². The molecule has 3 heteroatoms. The van der Waals surface area contributed by atoms with Gasteiger partial charge in [-0.15, -0.1) is 0 Å². The van der Waals surface area contributed by atoms with E-state index in [0.717, 1.165) is 6.61 Å². The summed E-state index contributed by atoms with van der Waals surface area (Å²) < 4.78 is 10.7. The van der Waals surface area contributed by atoms with Crippen molar-refractivity contribution in [1.29, 1.82) is 0 Å². The SMILES string of the molecule is C[SiH2]CCCOCOC(C)(C)C. The number of rotatable bonds is 6. The van der Waals surface area contributed by atoms with Crippen LogP contribution in [0.4, 0.5) is 0 Å². The van der Waals surface area contributed by atoms with Crippen LogP contribution >= 0.6 is 0 Å². The largest absolute Gasteiger partial charge is 0.355 e. The molecule has 2 nitrogen and oxygen atoms in total. The Hall–Kier alpha value is 0.137. The highest BCUT2D eigenvalue weighted by Gasteiger charge is 2.08. The smallest absolute Gasteiger partial charge is 0.147 e. The molecule has 0 aromatic carbocycles. The molecule has 0 aliphatic heterocycles. The van der Waals surface area contributed by atoms with E-state index in [1.807, 2.05) is 20.8 Å². The molecule has 12 heavy (non-hydrogen) atoms. The van der Waals surface area contributed by atoms with Crippen LogP contribution in [0.15, 0.2) is 0 Å². The molecular weight excluding hydrogens is 168 g/mol. The third-order valence-corrected chi connectivity index (χ3v) is 2.67. The first-order valence-corrected chi connectivity index (χ1v) is 7.19. The maximum absolute atomic E-state index is 5.40. The number of hydrogen-bond donors (Lipinski definition) is 0. The second-order valence-electron chi connectivity index (χ2n) is 3.99. The van der Waals surface area contributed by atoms with Gasteiger partial charge in [-0.3, -0.25) is 0 Å². The zero-order valence-electron chi connectivity index (χ0n) is 8.85. The molecule has 0 aromatic heterocycles. The van der Waals surface area contributed by atoms with Gasteiger partial charge in [-0.05, 0) is 27.2 Å². The summed E-state index contributed by atoms with van der Waals surface area (Å²) in [5.74, 6) is 0. The van der Waals surface area contributed by atoms with Crippen molar-refractivity contribution in [3.63, 3.8) is 0 Å². The van der Waals surface area contributed by atoms with E-state index >= 15 is 0 Å². The van der Waals surface area contributed by atoms with Gasteiger partial charge >= 0.3 is 0 Å². The molecule has 0 bridgehead atoms. The summed E-state index contributed by atoms with van der Waals surface area (Å²) >= 11 is 0. The molecule has 0 heterocycles. The lowest BCUT2D eigenvalue weighted by atomic mass is 10.2. The third kappa shape index (κ3) is 10.1. The Labute approximate surface area is 78.5 Å². The zero-order chi connectivity index (χ0) is 9.45. The molecule has 0 saturated carbocycles. The molecule has 0 atom stereocenters. The molecule has 0 unspecified atom stereocenters. The quantitative estimate of drug-likeness (QED) is 0.361. The highest BCUT2D eigenvalue weighted by atomic mass is 28.2. The Balaban J connectivity index is 3.01. The fourth-order valence-corrected chi connectivity index (χ4v) is 1.44. The van der Waals surface area contributed by atoms with Crippen molar-refractivity contribution in [2.75, 3.05) is 13.4 Å². The lowest BCUT2D eigenvalue weighted by Gasteiger charge is -2.19. The summed E-state index contributed by atoms with van der Waals surface area (Å²) in [5.41, 5.74) is -0.0699. The van der Waals surface area contributed by atoms with Crippen molar-refractivity contribution in [1.82, 2.24) is 0 Å². The van der Waals surface area contributed by atoms with E-state index in [1.165, 1.54) is 12.5 Å². The lowest BCUT2D eigenvalue weighted by Crippen LogP contribution is -2.21. The molecule has 0 amide bonds. The molecule has 0 aliphatic rings. The standard InChI is InChI=1S/C9H22O2Si/c1-9(2,3)11-8-10-6-5-7-12-4/h5-8,12H2,1-4H3. The average molecular weight is 190 g/mol. The molecule has 0 fully saturated rings. The number of ether oxygens (including phenoxy) is 2.